The Labute approximate surface area is 89.9 Å². The molecule has 0 aliphatic heterocycles. The Hall–Kier alpha value is -0.740. The Morgan fingerprint density at radius 2 is 2.21 bits per heavy atom. The Bertz CT molecular complexity index is 464. The first kappa shape index (κ1) is 9.80. The predicted molar refractivity (Wildman–Crippen MR) is 60.1 cm³/mol. The number of halogens is 1. The zero-order valence-electron chi connectivity index (χ0n) is 7.83. The van der Waals surface area contributed by atoms with Crippen LogP contribution in [0, 0.1) is 5.82 Å². The quantitative estimate of drug-likeness (QED) is 0.724. The van der Waals surface area contributed by atoms with E-state index in [4.69, 9.17) is 4.74 Å². The van der Waals surface area contributed by atoms with Gasteiger partial charge in [-0.3, -0.25) is 0 Å². The van der Waals surface area contributed by atoms with E-state index in [1.54, 1.807) is 13.2 Å². The van der Waals surface area contributed by atoms with Crippen molar-refractivity contribution in [2.75, 3.05) is 13.4 Å². The molecule has 0 unspecified atom stereocenters. The van der Waals surface area contributed by atoms with Crippen molar-refractivity contribution in [3.63, 3.8) is 0 Å². The first-order valence-corrected chi connectivity index (χ1v) is 6.15. The van der Waals surface area contributed by atoms with E-state index in [2.05, 4.69) is 0 Å². The fourth-order valence-electron chi connectivity index (χ4n) is 1.32. The second kappa shape index (κ2) is 3.79. The summed E-state index contributed by atoms with van der Waals surface area (Å²) in [4.78, 5) is 0.661. The average molecular weight is 228 g/mol. The minimum Gasteiger partial charge on any atom is -0.495 e. The van der Waals surface area contributed by atoms with Gasteiger partial charge in [0.05, 0.1) is 7.11 Å². The largest absolute Gasteiger partial charge is 0.495 e. The first-order valence-electron chi connectivity index (χ1n) is 4.05. The normalized spacial score (nSPS) is 10.8. The third-order valence-electron chi connectivity index (χ3n) is 2.03. The van der Waals surface area contributed by atoms with Gasteiger partial charge >= 0.3 is 0 Å². The molecule has 4 heteroatoms. The van der Waals surface area contributed by atoms with Crippen molar-refractivity contribution < 1.29 is 9.13 Å². The van der Waals surface area contributed by atoms with Gasteiger partial charge in [-0.05, 0) is 18.4 Å². The van der Waals surface area contributed by atoms with E-state index >= 15 is 0 Å². The molecule has 0 saturated heterocycles. The van der Waals surface area contributed by atoms with Gasteiger partial charge in [-0.25, -0.2) is 4.39 Å². The van der Waals surface area contributed by atoms with Crippen molar-refractivity contribution in [3.05, 3.63) is 23.3 Å². The third-order valence-corrected chi connectivity index (χ3v) is 3.71. The number of methoxy groups -OCH3 is 1. The number of ether oxygens (including phenoxy) is 1. The molecule has 2 aromatic rings. The smallest absolute Gasteiger partial charge is 0.138 e. The third kappa shape index (κ3) is 1.48. The van der Waals surface area contributed by atoms with Gasteiger partial charge in [0, 0.05) is 20.4 Å². The van der Waals surface area contributed by atoms with Gasteiger partial charge in [0.15, 0.2) is 0 Å². The van der Waals surface area contributed by atoms with Crippen molar-refractivity contribution in [2.24, 2.45) is 0 Å². The molecule has 74 valence electrons. The zero-order chi connectivity index (χ0) is 10.1. The molecule has 0 N–H and O–H groups in total. The van der Waals surface area contributed by atoms with Crippen molar-refractivity contribution in [1.82, 2.24) is 0 Å². The molecule has 0 saturated carbocycles. The summed E-state index contributed by atoms with van der Waals surface area (Å²) >= 11 is 2.90. The molecular weight excluding hydrogens is 219 g/mol. The molecule has 0 bridgehead atoms. The van der Waals surface area contributed by atoms with Crippen LogP contribution in [0.1, 0.15) is 0 Å². The molecule has 0 aliphatic carbocycles. The fraction of sp³-hybridized carbons (Fsp3) is 0.200. The molecule has 2 rings (SSSR count). The maximum absolute atomic E-state index is 13.4. The van der Waals surface area contributed by atoms with Gasteiger partial charge < -0.3 is 4.74 Å². The van der Waals surface area contributed by atoms with Crippen LogP contribution >= 0.6 is 23.1 Å². The Morgan fingerprint density at radius 3 is 2.86 bits per heavy atom. The maximum Gasteiger partial charge on any atom is 0.138 e. The fourth-order valence-corrected chi connectivity index (χ4v) is 2.73. The van der Waals surface area contributed by atoms with Crippen LogP contribution in [-0.2, 0) is 0 Å². The van der Waals surface area contributed by atoms with E-state index in [0.29, 0.717) is 4.90 Å². The summed E-state index contributed by atoms with van der Waals surface area (Å²) in [5.74, 6) is 0.662. The number of benzene rings is 1. The molecule has 0 spiro atoms. The van der Waals surface area contributed by atoms with Crippen LogP contribution < -0.4 is 4.74 Å². The molecule has 1 nitrogen and oxygen atoms in total. The van der Waals surface area contributed by atoms with Crippen molar-refractivity contribution in [2.45, 2.75) is 4.90 Å². The van der Waals surface area contributed by atoms with Crippen LogP contribution in [0.4, 0.5) is 4.39 Å². The predicted octanol–water partition coefficient (Wildman–Crippen LogP) is 3.77. The lowest BCUT2D eigenvalue weighted by Crippen LogP contribution is -1.82. The molecule has 14 heavy (non-hydrogen) atoms. The second-order valence-electron chi connectivity index (χ2n) is 2.79. The molecule has 1 aromatic heterocycles. The van der Waals surface area contributed by atoms with Gasteiger partial charge in [-0.15, -0.1) is 23.1 Å². The summed E-state index contributed by atoms with van der Waals surface area (Å²) in [6.07, 6.45) is 1.86. The minimum atomic E-state index is -0.158. The summed E-state index contributed by atoms with van der Waals surface area (Å²) in [5.41, 5.74) is 0. The average Bonchev–Trinajstić information content (AvgIpc) is 2.58. The molecule has 0 fully saturated rings. The number of fused-ring (bicyclic) bond motifs is 1. The van der Waals surface area contributed by atoms with Gasteiger partial charge in [-0.2, -0.15) is 0 Å². The Morgan fingerprint density at radius 1 is 1.43 bits per heavy atom. The lowest BCUT2D eigenvalue weighted by Gasteiger charge is -2.01. The topological polar surface area (TPSA) is 9.23 Å². The van der Waals surface area contributed by atoms with Crippen LogP contribution in [0.3, 0.4) is 0 Å². The summed E-state index contributed by atoms with van der Waals surface area (Å²) in [5, 5.41) is 2.89. The number of hydrogen-bond acceptors (Lipinski definition) is 3. The highest BCUT2D eigenvalue weighted by atomic mass is 32.2. The lowest BCUT2D eigenvalue weighted by molar-refractivity contribution is 0.421. The lowest BCUT2D eigenvalue weighted by atomic mass is 10.2. The summed E-state index contributed by atoms with van der Waals surface area (Å²) in [6.45, 7) is 0. The van der Waals surface area contributed by atoms with Gasteiger partial charge in [0.25, 0.3) is 0 Å². The van der Waals surface area contributed by atoms with Crippen LogP contribution in [0.15, 0.2) is 22.4 Å². The number of hydrogen-bond donors (Lipinski definition) is 0. The molecule has 0 atom stereocenters. The first-order chi connectivity index (χ1) is 6.76. The molecule has 0 aliphatic rings. The number of thiophene rings is 1. The Kier molecular flexibility index (Phi) is 2.65. The minimum absolute atomic E-state index is 0.158. The monoisotopic (exact) mass is 228 g/mol. The van der Waals surface area contributed by atoms with E-state index in [9.17, 15) is 4.39 Å². The standard InChI is InChI=1S/C10H9FOS2/c1-12-8-5-14-9-4-7(11)10(13-2)3-6(8)9/h3-5H,1-2H3. The summed E-state index contributed by atoms with van der Waals surface area (Å²) < 4.78 is 19.5. The zero-order valence-corrected chi connectivity index (χ0v) is 9.47. The van der Waals surface area contributed by atoms with Gasteiger partial charge in [-0.1, -0.05) is 0 Å². The van der Waals surface area contributed by atoms with Gasteiger partial charge in [0.2, 0.25) is 0 Å². The van der Waals surface area contributed by atoms with E-state index in [0.717, 1.165) is 15.8 Å². The SMILES string of the molecule is COc1csc2cc(F)c(SC)cc12. The molecule has 1 aromatic carbocycles. The van der Waals surface area contributed by atoms with Gasteiger partial charge in [0.1, 0.15) is 11.6 Å². The van der Waals surface area contributed by atoms with E-state index in [-0.39, 0.29) is 5.82 Å². The molecule has 0 amide bonds. The summed E-state index contributed by atoms with van der Waals surface area (Å²) in [7, 11) is 1.63. The van der Waals surface area contributed by atoms with E-state index < -0.39 is 0 Å². The molecular formula is C10H9FOS2. The highest BCUT2D eigenvalue weighted by Gasteiger charge is 2.09. The van der Waals surface area contributed by atoms with Crippen LogP contribution in [0.2, 0.25) is 0 Å². The number of thioether (sulfide) groups is 1. The van der Waals surface area contributed by atoms with Crippen LogP contribution in [0.25, 0.3) is 10.1 Å². The van der Waals surface area contributed by atoms with E-state index in [1.165, 1.54) is 23.1 Å². The highest BCUT2D eigenvalue weighted by molar-refractivity contribution is 7.98. The van der Waals surface area contributed by atoms with Crippen molar-refractivity contribution >= 4 is 33.2 Å². The van der Waals surface area contributed by atoms with Crippen LogP contribution in [0.5, 0.6) is 5.75 Å². The second-order valence-corrected chi connectivity index (χ2v) is 4.55. The summed E-state index contributed by atoms with van der Waals surface area (Å²) in [6, 6.07) is 3.40. The van der Waals surface area contributed by atoms with Crippen molar-refractivity contribution in [1.29, 1.82) is 0 Å². The maximum atomic E-state index is 13.4. The van der Waals surface area contributed by atoms with Crippen molar-refractivity contribution in [3.8, 4) is 5.75 Å². The number of rotatable bonds is 2. The van der Waals surface area contributed by atoms with E-state index in [1.807, 2.05) is 17.7 Å². The Balaban J connectivity index is 2.70. The molecule has 0 radical (unpaired) electrons. The molecule has 1 heterocycles. The van der Waals surface area contributed by atoms with Crippen LogP contribution in [-0.4, -0.2) is 13.4 Å². The highest BCUT2D eigenvalue weighted by Crippen LogP contribution is 2.35.